The van der Waals surface area contributed by atoms with E-state index < -0.39 is 18.4 Å². The van der Waals surface area contributed by atoms with E-state index in [9.17, 15) is 8.78 Å². The molecule has 0 radical (unpaired) electrons. The Kier molecular flexibility index (Phi) is 3.06. The second-order valence-electron chi connectivity index (χ2n) is 6.24. The standard InChI is InChI=1S/C19H12BF2N3O/c21-18-14(7-2-10-23-18)20(15-8-3-11-24-19(15)22)25-12-4-6-13-5-1-9-16(26-20)17(13)25/h1-12H. The molecule has 1 aliphatic heterocycles. The van der Waals surface area contributed by atoms with Gasteiger partial charge in [-0.1, -0.05) is 18.2 Å². The Balaban J connectivity index is 1.95. The van der Waals surface area contributed by atoms with Gasteiger partial charge in [-0.05, 0) is 47.3 Å². The zero-order valence-electron chi connectivity index (χ0n) is 13.5. The lowest BCUT2D eigenvalue weighted by molar-refractivity contribution is -0.515. The van der Waals surface area contributed by atoms with Crippen LogP contribution in [-0.2, 0) is 0 Å². The van der Waals surface area contributed by atoms with E-state index >= 15 is 0 Å². The molecule has 0 amide bonds. The third kappa shape index (κ3) is 1.85. The number of para-hydroxylation sites is 1. The molecular weight excluding hydrogens is 335 g/mol. The van der Waals surface area contributed by atoms with Crippen LogP contribution in [0.3, 0.4) is 0 Å². The summed E-state index contributed by atoms with van der Waals surface area (Å²) in [6.45, 7) is -2.45. The van der Waals surface area contributed by atoms with Gasteiger partial charge in [0, 0.05) is 17.8 Å². The first-order valence-corrected chi connectivity index (χ1v) is 8.21. The molecule has 0 bridgehead atoms. The van der Waals surface area contributed by atoms with E-state index in [1.807, 2.05) is 24.3 Å². The van der Waals surface area contributed by atoms with Crippen molar-refractivity contribution < 1.29 is 17.9 Å². The Labute approximate surface area is 147 Å². The van der Waals surface area contributed by atoms with Gasteiger partial charge in [0.15, 0.2) is 11.9 Å². The minimum absolute atomic E-state index is 0.174. The summed E-state index contributed by atoms with van der Waals surface area (Å²) in [6, 6.07) is 15.7. The zero-order chi connectivity index (χ0) is 17.7. The average molecular weight is 347 g/mol. The van der Waals surface area contributed by atoms with Crippen molar-refractivity contribution in [3.05, 3.63) is 85.1 Å². The summed E-state index contributed by atoms with van der Waals surface area (Å²) in [5.74, 6) is -0.837. The maximum atomic E-state index is 14.8. The molecule has 0 atom stereocenters. The Bertz CT molecular complexity index is 1120. The van der Waals surface area contributed by atoms with Crippen molar-refractivity contribution in [2.75, 3.05) is 0 Å². The summed E-state index contributed by atoms with van der Waals surface area (Å²) in [5, 5.41) is 0.919. The molecule has 3 aromatic heterocycles. The van der Waals surface area contributed by atoms with Crippen LogP contribution in [0.25, 0.3) is 10.9 Å². The van der Waals surface area contributed by atoms with Crippen LogP contribution in [0, 0.1) is 11.9 Å². The molecule has 0 saturated heterocycles. The van der Waals surface area contributed by atoms with Crippen LogP contribution < -0.4 is 20.1 Å². The van der Waals surface area contributed by atoms with Crippen molar-refractivity contribution in [2.24, 2.45) is 0 Å². The minimum atomic E-state index is -2.45. The second-order valence-corrected chi connectivity index (χ2v) is 6.24. The number of aromatic nitrogens is 3. The topological polar surface area (TPSA) is 38.9 Å². The SMILES string of the molecule is Fc1ncccc1[B-]1(c2cccnc2F)Oc2cccc3ccc[n+]1c23. The molecule has 1 aliphatic rings. The first-order chi connectivity index (χ1) is 12.7. The zero-order valence-corrected chi connectivity index (χ0v) is 13.5. The number of rotatable bonds is 2. The van der Waals surface area contributed by atoms with Gasteiger partial charge in [0.1, 0.15) is 11.9 Å². The molecule has 7 heteroatoms. The van der Waals surface area contributed by atoms with Crippen molar-refractivity contribution >= 4 is 28.3 Å². The third-order valence-electron chi connectivity index (χ3n) is 4.92. The summed E-state index contributed by atoms with van der Waals surface area (Å²) in [5.41, 5.74) is 1.13. The van der Waals surface area contributed by atoms with Gasteiger partial charge in [-0.2, -0.15) is 8.78 Å². The van der Waals surface area contributed by atoms with Gasteiger partial charge in [-0.3, -0.25) is 0 Å². The Morgan fingerprint density at radius 3 is 2.12 bits per heavy atom. The number of pyridine rings is 3. The molecule has 0 aliphatic carbocycles. The molecule has 0 N–H and O–H groups in total. The van der Waals surface area contributed by atoms with E-state index in [0.717, 1.165) is 10.9 Å². The normalized spacial score (nSPS) is 14.4. The summed E-state index contributed by atoms with van der Waals surface area (Å²) in [4.78, 5) is 7.53. The monoisotopic (exact) mass is 347 g/mol. The highest BCUT2D eigenvalue weighted by molar-refractivity contribution is 6.92. The lowest BCUT2D eigenvalue weighted by atomic mass is 9.42. The largest absolute Gasteiger partial charge is 0.646 e. The maximum Gasteiger partial charge on any atom is 0.522 e. The molecule has 0 spiro atoms. The second kappa shape index (κ2) is 5.32. The first kappa shape index (κ1) is 15.0. The van der Waals surface area contributed by atoms with E-state index in [4.69, 9.17) is 4.65 Å². The van der Waals surface area contributed by atoms with Crippen LogP contribution in [0.4, 0.5) is 8.78 Å². The molecular formula is C19H12BF2N3O. The number of hydrogen-bond donors (Lipinski definition) is 0. The van der Waals surface area contributed by atoms with Gasteiger partial charge in [-0.15, -0.1) is 0 Å². The highest BCUT2D eigenvalue weighted by Gasteiger charge is 2.54. The predicted octanol–water partition coefficient (Wildman–Crippen LogP) is 1.69. The summed E-state index contributed by atoms with van der Waals surface area (Å²) >= 11 is 0. The van der Waals surface area contributed by atoms with Crippen molar-refractivity contribution in [3.63, 3.8) is 0 Å². The third-order valence-corrected chi connectivity index (χ3v) is 4.92. The fourth-order valence-electron chi connectivity index (χ4n) is 3.88. The number of hydrogen-bond acceptors (Lipinski definition) is 3. The Morgan fingerprint density at radius 1 is 0.808 bits per heavy atom. The van der Waals surface area contributed by atoms with Gasteiger partial charge < -0.3 is 9.13 Å². The van der Waals surface area contributed by atoms with Crippen molar-refractivity contribution in [1.29, 1.82) is 0 Å². The molecule has 0 unspecified atom stereocenters. The molecule has 4 nitrogen and oxygen atoms in total. The van der Waals surface area contributed by atoms with Crippen molar-refractivity contribution in [2.45, 2.75) is 0 Å². The summed E-state index contributed by atoms with van der Waals surface area (Å²) < 4.78 is 37.7. The molecule has 26 heavy (non-hydrogen) atoms. The lowest BCUT2D eigenvalue weighted by Crippen LogP contribution is -2.81. The summed E-state index contributed by atoms with van der Waals surface area (Å²) in [6.07, 6.45) is 4.49. The van der Waals surface area contributed by atoms with Crippen LogP contribution in [-0.4, -0.2) is 16.5 Å². The van der Waals surface area contributed by atoms with Crippen LogP contribution in [0.2, 0.25) is 0 Å². The lowest BCUT2D eigenvalue weighted by Gasteiger charge is -2.31. The fourth-order valence-corrected chi connectivity index (χ4v) is 3.88. The number of nitrogens with zero attached hydrogens (tertiary/aromatic N) is 3. The molecule has 126 valence electrons. The fraction of sp³-hybridized carbons (Fsp3) is 0. The van der Waals surface area contributed by atoms with E-state index in [1.165, 1.54) is 12.4 Å². The van der Waals surface area contributed by atoms with Gasteiger partial charge >= 0.3 is 6.48 Å². The van der Waals surface area contributed by atoms with Crippen LogP contribution >= 0.6 is 0 Å². The maximum absolute atomic E-state index is 14.8. The number of halogens is 2. The van der Waals surface area contributed by atoms with E-state index in [0.29, 0.717) is 5.75 Å². The Morgan fingerprint density at radius 2 is 1.46 bits per heavy atom. The van der Waals surface area contributed by atoms with E-state index in [2.05, 4.69) is 9.97 Å². The van der Waals surface area contributed by atoms with Gasteiger partial charge in [-0.25, -0.2) is 9.97 Å². The van der Waals surface area contributed by atoms with Crippen LogP contribution in [0.15, 0.2) is 73.2 Å². The molecule has 1 aromatic carbocycles. The van der Waals surface area contributed by atoms with E-state index in [1.54, 1.807) is 41.0 Å². The molecule has 0 saturated carbocycles. The van der Waals surface area contributed by atoms with Crippen molar-refractivity contribution in [3.8, 4) is 5.75 Å². The number of benzene rings is 1. The van der Waals surface area contributed by atoms with E-state index in [-0.39, 0.29) is 10.9 Å². The molecule has 4 aromatic rings. The highest BCUT2D eigenvalue weighted by atomic mass is 19.1. The Hall–Kier alpha value is -3.35. The molecule has 5 rings (SSSR count). The summed E-state index contributed by atoms with van der Waals surface area (Å²) in [7, 11) is 0. The van der Waals surface area contributed by atoms with Crippen LogP contribution in [0.1, 0.15) is 0 Å². The predicted molar refractivity (Wildman–Crippen MR) is 93.6 cm³/mol. The van der Waals surface area contributed by atoms with Crippen LogP contribution in [0.5, 0.6) is 5.75 Å². The van der Waals surface area contributed by atoms with Gasteiger partial charge in [0.2, 0.25) is 5.52 Å². The van der Waals surface area contributed by atoms with Gasteiger partial charge in [0.25, 0.3) is 0 Å². The quantitative estimate of drug-likeness (QED) is 0.409. The highest BCUT2D eigenvalue weighted by Crippen LogP contribution is 2.30. The average Bonchev–Trinajstić information content (AvgIpc) is 3.00. The molecule has 0 fully saturated rings. The van der Waals surface area contributed by atoms with Gasteiger partial charge in [0.05, 0.1) is 0 Å². The smallest absolute Gasteiger partial charge is 0.522 e. The van der Waals surface area contributed by atoms with Crippen molar-refractivity contribution in [1.82, 2.24) is 9.97 Å². The molecule has 4 heterocycles. The first-order valence-electron chi connectivity index (χ1n) is 8.21. The minimum Gasteiger partial charge on any atom is -0.646 e.